The van der Waals surface area contributed by atoms with Gasteiger partial charge in [0.05, 0.1) is 0 Å². The Balaban J connectivity index is 2.12. The summed E-state index contributed by atoms with van der Waals surface area (Å²) in [7, 11) is 0. The third-order valence-electron chi connectivity index (χ3n) is 3.01. The molecule has 0 bridgehead atoms. The molecule has 0 saturated carbocycles. The Morgan fingerprint density at radius 2 is 2.15 bits per heavy atom. The smallest absolute Gasteiger partial charge is 0.00958 e. The van der Waals surface area contributed by atoms with Crippen molar-refractivity contribution in [3.05, 3.63) is 59.7 Å². The van der Waals surface area contributed by atoms with Gasteiger partial charge in [-0.3, -0.25) is 0 Å². The first-order valence-corrected chi connectivity index (χ1v) is 4.79. The molecule has 0 aliphatic heterocycles. The van der Waals surface area contributed by atoms with Crippen LogP contribution in [0.1, 0.15) is 17.0 Å². The molecule has 2 unspecified atom stereocenters. The lowest BCUT2D eigenvalue weighted by Gasteiger charge is -2.14. The van der Waals surface area contributed by atoms with E-state index in [1.165, 1.54) is 17.5 Å². The molecule has 0 aromatic heterocycles. The molecule has 0 spiro atoms. The Labute approximate surface area is 78.6 Å². The van der Waals surface area contributed by atoms with Crippen LogP contribution < -0.4 is 0 Å². The van der Waals surface area contributed by atoms with Crippen molar-refractivity contribution in [3.63, 3.8) is 0 Å². The Morgan fingerprint density at radius 1 is 1.23 bits per heavy atom. The summed E-state index contributed by atoms with van der Waals surface area (Å²) in [4.78, 5) is 0. The van der Waals surface area contributed by atoms with Gasteiger partial charge in [-0.2, -0.15) is 0 Å². The van der Waals surface area contributed by atoms with Gasteiger partial charge >= 0.3 is 0 Å². The molecule has 1 radical (unpaired) electrons. The molecule has 2 atom stereocenters. The summed E-state index contributed by atoms with van der Waals surface area (Å²) in [6.07, 6.45) is 11.0. The Morgan fingerprint density at radius 3 is 3.15 bits per heavy atom. The van der Waals surface area contributed by atoms with Gasteiger partial charge in [0.15, 0.2) is 0 Å². The second kappa shape index (κ2) is 2.59. The highest BCUT2D eigenvalue weighted by atomic mass is 14.3. The number of hydrogen-bond acceptors (Lipinski definition) is 0. The minimum absolute atomic E-state index is 0.598. The van der Waals surface area contributed by atoms with Gasteiger partial charge in [0.25, 0.3) is 0 Å². The van der Waals surface area contributed by atoms with Crippen LogP contribution in [0.5, 0.6) is 0 Å². The van der Waals surface area contributed by atoms with Crippen LogP contribution in [-0.4, -0.2) is 0 Å². The van der Waals surface area contributed by atoms with Crippen molar-refractivity contribution in [1.29, 1.82) is 0 Å². The largest absolute Gasteiger partial charge is 0.0764 e. The van der Waals surface area contributed by atoms with E-state index in [0.717, 1.165) is 0 Å². The predicted octanol–water partition coefficient (Wildman–Crippen LogP) is 2.87. The molecule has 1 aromatic carbocycles. The summed E-state index contributed by atoms with van der Waals surface area (Å²) in [5, 5.41) is 0. The molecule has 0 heterocycles. The van der Waals surface area contributed by atoms with E-state index in [0.29, 0.717) is 11.8 Å². The Kier molecular flexibility index (Phi) is 1.42. The van der Waals surface area contributed by atoms with Crippen LogP contribution in [0.25, 0.3) is 0 Å². The van der Waals surface area contributed by atoms with Crippen LogP contribution >= 0.6 is 0 Å². The van der Waals surface area contributed by atoms with Gasteiger partial charge in [0.1, 0.15) is 0 Å². The fraction of sp³-hybridized carbons (Fsp3) is 0.231. The Bertz CT molecular complexity index is 385. The molecule has 2 aliphatic carbocycles. The molecule has 0 heteroatoms. The molecule has 13 heavy (non-hydrogen) atoms. The maximum Gasteiger partial charge on any atom is 0.00958 e. The normalized spacial score (nSPS) is 28.6. The van der Waals surface area contributed by atoms with E-state index in [9.17, 15) is 0 Å². The van der Waals surface area contributed by atoms with Crippen LogP contribution in [0.3, 0.4) is 0 Å². The number of allylic oxidation sites excluding steroid dienone is 4. The van der Waals surface area contributed by atoms with Crippen LogP contribution in [0.4, 0.5) is 0 Å². The number of benzene rings is 1. The minimum atomic E-state index is 0.598. The maximum atomic E-state index is 3.42. The van der Waals surface area contributed by atoms with Crippen molar-refractivity contribution in [2.45, 2.75) is 12.3 Å². The summed E-state index contributed by atoms with van der Waals surface area (Å²) in [6.45, 7) is 0. The molecular formula is C13H11. The molecule has 3 rings (SSSR count). The fourth-order valence-corrected chi connectivity index (χ4v) is 2.38. The zero-order valence-electron chi connectivity index (χ0n) is 7.40. The summed E-state index contributed by atoms with van der Waals surface area (Å²) in [5.74, 6) is 1.20. The van der Waals surface area contributed by atoms with Gasteiger partial charge in [-0.15, -0.1) is 0 Å². The first-order chi connectivity index (χ1) is 6.45. The van der Waals surface area contributed by atoms with E-state index in [4.69, 9.17) is 0 Å². The second-order valence-corrected chi connectivity index (χ2v) is 3.75. The van der Waals surface area contributed by atoms with Crippen molar-refractivity contribution >= 4 is 0 Å². The van der Waals surface area contributed by atoms with Crippen LogP contribution in [0, 0.1) is 12.0 Å². The first kappa shape index (κ1) is 7.14. The van der Waals surface area contributed by atoms with Gasteiger partial charge in [0.2, 0.25) is 0 Å². The summed E-state index contributed by atoms with van der Waals surface area (Å²) < 4.78 is 0. The fourth-order valence-electron chi connectivity index (χ4n) is 2.38. The van der Waals surface area contributed by atoms with Gasteiger partial charge in [0, 0.05) is 5.92 Å². The minimum Gasteiger partial charge on any atom is -0.0764 e. The quantitative estimate of drug-likeness (QED) is 0.557. The van der Waals surface area contributed by atoms with Crippen LogP contribution in [-0.2, 0) is 6.42 Å². The lowest BCUT2D eigenvalue weighted by molar-refractivity contribution is 0.612. The van der Waals surface area contributed by atoms with Crippen molar-refractivity contribution < 1.29 is 0 Å². The maximum absolute atomic E-state index is 3.42. The van der Waals surface area contributed by atoms with Gasteiger partial charge < -0.3 is 0 Å². The average Bonchev–Trinajstić information content (AvgIpc) is 2.56. The number of hydrogen-bond donors (Lipinski definition) is 0. The van der Waals surface area contributed by atoms with E-state index in [-0.39, 0.29) is 0 Å². The number of fused-ring (bicyclic) bond motifs is 3. The molecule has 0 N–H and O–H groups in total. The highest BCUT2D eigenvalue weighted by Crippen LogP contribution is 2.40. The van der Waals surface area contributed by atoms with Crippen molar-refractivity contribution in [3.8, 4) is 0 Å². The molecule has 63 valence electrons. The molecule has 0 saturated heterocycles. The van der Waals surface area contributed by atoms with E-state index in [2.05, 4.69) is 42.5 Å². The summed E-state index contributed by atoms with van der Waals surface area (Å²) in [6, 6.07) is 8.75. The summed E-state index contributed by atoms with van der Waals surface area (Å²) in [5.41, 5.74) is 3.01. The zero-order valence-corrected chi connectivity index (χ0v) is 7.40. The highest BCUT2D eigenvalue weighted by Gasteiger charge is 2.29. The molecular weight excluding hydrogens is 156 g/mol. The topological polar surface area (TPSA) is 0 Å². The highest BCUT2D eigenvalue weighted by molar-refractivity contribution is 5.41. The molecule has 2 aliphatic rings. The lowest BCUT2D eigenvalue weighted by Crippen LogP contribution is -2.04. The predicted molar refractivity (Wildman–Crippen MR) is 53.3 cm³/mol. The lowest BCUT2D eigenvalue weighted by atomic mass is 9.89. The molecule has 0 amide bonds. The van der Waals surface area contributed by atoms with E-state index < -0.39 is 0 Å². The standard InChI is InChI=1S/C13H11/c1-3-7-12-10(5-1)9-11-6-2-4-8-13(11)12/h1-5,7-8,11,13H,9H2. The SMILES string of the molecule is [C]1=CC=CC2c3ccccc3CC12. The van der Waals surface area contributed by atoms with Crippen molar-refractivity contribution in [1.82, 2.24) is 0 Å². The van der Waals surface area contributed by atoms with Crippen molar-refractivity contribution in [2.75, 3.05) is 0 Å². The summed E-state index contributed by atoms with van der Waals surface area (Å²) >= 11 is 0. The van der Waals surface area contributed by atoms with Gasteiger partial charge in [-0.1, -0.05) is 42.5 Å². The van der Waals surface area contributed by atoms with E-state index >= 15 is 0 Å². The third-order valence-corrected chi connectivity index (χ3v) is 3.01. The molecule has 0 nitrogen and oxygen atoms in total. The molecule has 1 aromatic rings. The van der Waals surface area contributed by atoms with Gasteiger partial charge in [-0.25, -0.2) is 0 Å². The first-order valence-electron chi connectivity index (χ1n) is 4.79. The van der Waals surface area contributed by atoms with Crippen LogP contribution in [0.15, 0.2) is 42.5 Å². The van der Waals surface area contributed by atoms with E-state index in [1.54, 1.807) is 0 Å². The number of rotatable bonds is 0. The second-order valence-electron chi connectivity index (χ2n) is 3.75. The van der Waals surface area contributed by atoms with E-state index in [1.807, 2.05) is 6.08 Å². The average molecular weight is 167 g/mol. The Hall–Kier alpha value is -1.30. The third kappa shape index (κ3) is 0.983. The van der Waals surface area contributed by atoms with Crippen molar-refractivity contribution in [2.24, 2.45) is 5.92 Å². The van der Waals surface area contributed by atoms with Gasteiger partial charge in [-0.05, 0) is 29.5 Å². The zero-order chi connectivity index (χ0) is 8.67. The monoisotopic (exact) mass is 167 g/mol. The molecule has 0 fully saturated rings. The van der Waals surface area contributed by atoms with Crippen LogP contribution in [0.2, 0.25) is 0 Å².